The van der Waals surface area contributed by atoms with Gasteiger partial charge in [-0.3, -0.25) is 0 Å². The standard InChI is InChI=1S/C10H9Cl3O4S/c11-5-1-7(13)9(2-6(5)12)17-10-4-18(15,16)3-8(10)14/h1-2,8,10,14H,3-4H2. The van der Waals surface area contributed by atoms with E-state index in [1.807, 2.05) is 0 Å². The summed E-state index contributed by atoms with van der Waals surface area (Å²) in [6.07, 6.45) is -1.91. The van der Waals surface area contributed by atoms with Gasteiger partial charge in [-0.05, 0) is 6.07 Å². The van der Waals surface area contributed by atoms with Crippen LogP contribution in [0.3, 0.4) is 0 Å². The van der Waals surface area contributed by atoms with Gasteiger partial charge in [-0.25, -0.2) is 8.42 Å². The summed E-state index contributed by atoms with van der Waals surface area (Å²) in [5, 5.41) is 10.3. The highest BCUT2D eigenvalue weighted by Crippen LogP contribution is 2.35. The largest absolute Gasteiger partial charge is 0.485 e. The predicted octanol–water partition coefficient (Wildman–Crippen LogP) is 2.18. The molecular formula is C10H9Cl3O4S. The van der Waals surface area contributed by atoms with E-state index in [-0.39, 0.29) is 32.3 Å². The van der Waals surface area contributed by atoms with Gasteiger partial charge in [-0.2, -0.15) is 0 Å². The van der Waals surface area contributed by atoms with Crippen LogP contribution in [0.2, 0.25) is 15.1 Å². The molecule has 2 rings (SSSR count). The van der Waals surface area contributed by atoms with E-state index in [4.69, 9.17) is 39.5 Å². The van der Waals surface area contributed by atoms with Crippen LogP contribution in [-0.4, -0.2) is 37.2 Å². The molecule has 1 saturated heterocycles. The number of aliphatic hydroxyl groups excluding tert-OH is 1. The summed E-state index contributed by atoms with van der Waals surface area (Å²) in [6, 6.07) is 2.79. The topological polar surface area (TPSA) is 63.6 Å². The second-order valence-electron chi connectivity index (χ2n) is 4.00. The van der Waals surface area contributed by atoms with E-state index in [2.05, 4.69) is 0 Å². The number of benzene rings is 1. The van der Waals surface area contributed by atoms with Crippen molar-refractivity contribution in [2.45, 2.75) is 12.2 Å². The number of hydrogen-bond donors (Lipinski definition) is 1. The van der Waals surface area contributed by atoms with Crippen molar-refractivity contribution in [1.82, 2.24) is 0 Å². The van der Waals surface area contributed by atoms with E-state index < -0.39 is 22.0 Å². The quantitative estimate of drug-likeness (QED) is 0.844. The first-order valence-electron chi connectivity index (χ1n) is 4.98. The highest BCUT2D eigenvalue weighted by Gasteiger charge is 2.38. The predicted molar refractivity (Wildman–Crippen MR) is 70.5 cm³/mol. The average molecular weight is 332 g/mol. The molecule has 1 aliphatic heterocycles. The number of hydrogen-bond acceptors (Lipinski definition) is 4. The van der Waals surface area contributed by atoms with Crippen molar-refractivity contribution < 1.29 is 18.3 Å². The molecule has 100 valence electrons. The molecule has 1 heterocycles. The van der Waals surface area contributed by atoms with Crippen molar-refractivity contribution in [3.63, 3.8) is 0 Å². The Morgan fingerprint density at radius 3 is 2.28 bits per heavy atom. The lowest BCUT2D eigenvalue weighted by molar-refractivity contribution is 0.0739. The Morgan fingerprint density at radius 2 is 1.72 bits per heavy atom. The first-order chi connectivity index (χ1) is 8.28. The van der Waals surface area contributed by atoms with Gasteiger partial charge < -0.3 is 9.84 Å². The highest BCUT2D eigenvalue weighted by molar-refractivity contribution is 7.91. The molecule has 0 amide bonds. The molecule has 0 radical (unpaired) electrons. The minimum atomic E-state index is -3.27. The van der Waals surface area contributed by atoms with Gasteiger partial charge >= 0.3 is 0 Å². The number of halogens is 3. The van der Waals surface area contributed by atoms with Crippen molar-refractivity contribution in [2.75, 3.05) is 11.5 Å². The van der Waals surface area contributed by atoms with Gasteiger partial charge in [0.2, 0.25) is 0 Å². The molecule has 1 aromatic rings. The lowest BCUT2D eigenvalue weighted by Crippen LogP contribution is -2.29. The van der Waals surface area contributed by atoms with Crippen LogP contribution in [0.5, 0.6) is 5.75 Å². The molecule has 2 unspecified atom stereocenters. The summed E-state index contributed by atoms with van der Waals surface area (Å²) in [5.41, 5.74) is 0. The number of rotatable bonds is 2. The monoisotopic (exact) mass is 330 g/mol. The van der Waals surface area contributed by atoms with Gasteiger partial charge in [-0.15, -0.1) is 0 Å². The lowest BCUT2D eigenvalue weighted by Gasteiger charge is -2.17. The third kappa shape index (κ3) is 3.03. The molecular weight excluding hydrogens is 323 g/mol. The summed E-state index contributed by atoms with van der Waals surface area (Å²) in [6.45, 7) is 0. The number of ether oxygens (including phenoxy) is 1. The van der Waals surface area contributed by atoms with Crippen molar-refractivity contribution >= 4 is 44.6 Å². The van der Waals surface area contributed by atoms with Gasteiger partial charge in [0.25, 0.3) is 0 Å². The average Bonchev–Trinajstić information content (AvgIpc) is 2.48. The fourth-order valence-electron chi connectivity index (χ4n) is 1.67. The lowest BCUT2D eigenvalue weighted by atomic mass is 10.2. The minimum Gasteiger partial charge on any atom is -0.485 e. The first kappa shape index (κ1) is 14.2. The van der Waals surface area contributed by atoms with Crippen LogP contribution >= 0.6 is 34.8 Å². The summed E-state index contributed by atoms with van der Waals surface area (Å²) in [7, 11) is -3.27. The van der Waals surface area contributed by atoms with Crippen LogP contribution in [0.1, 0.15) is 0 Å². The molecule has 8 heteroatoms. The van der Waals surface area contributed by atoms with Crippen LogP contribution in [0, 0.1) is 0 Å². The second kappa shape index (κ2) is 5.06. The molecule has 4 nitrogen and oxygen atoms in total. The number of sulfone groups is 1. The van der Waals surface area contributed by atoms with Crippen molar-refractivity contribution in [3.8, 4) is 5.75 Å². The van der Waals surface area contributed by atoms with Crippen LogP contribution in [-0.2, 0) is 9.84 Å². The van der Waals surface area contributed by atoms with E-state index in [9.17, 15) is 13.5 Å². The van der Waals surface area contributed by atoms with E-state index in [0.29, 0.717) is 0 Å². The molecule has 1 N–H and O–H groups in total. The fraction of sp³-hybridized carbons (Fsp3) is 0.400. The molecule has 0 saturated carbocycles. The Balaban J connectivity index is 2.23. The smallest absolute Gasteiger partial charge is 0.156 e. The maximum absolute atomic E-state index is 11.3. The molecule has 0 spiro atoms. The molecule has 1 aromatic carbocycles. The second-order valence-corrected chi connectivity index (χ2v) is 7.37. The van der Waals surface area contributed by atoms with Crippen LogP contribution < -0.4 is 4.74 Å². The van der Waals surface area contributed by atoms with Crippen molar-refractivity contribution in [1.29, 1.82) is 0 Å². The van der Waals surface area contributed by atoms with Crippen LogP contribution in [0.4, 0.5) is 0 Å². The minimum absolute atomic E-state index is 0.201. The third-order valence-corrected chi connectivity index (χ3v) is 5.23. The molecule has 1 aliphatic rings. The van der Waals surface area contributed by atoms with Gasteiger partial charge in [-0.1, -0.05) is 34.8 Å². The Labute approximate surface area is 119 Å². The molecule has 0 aromatic heterocycles. The Kier molecular flexibility index (Phi) is 3.99. The Morgan fingerprint density at radius 1 is 1.11 bits per heavy atom. The summed E-state index contributed by atoms with van der Waals surface area (Å²) >= 11 is 17.5. The van der Waals surface area contributed by atoms with E-state index >= 15 is 0 Å². The third-order valence-electron chi connectivity index (χ3n) is 2.53. The van der Waals surface area contributed by atoms with Crippen molar-refractivity contribution in [2.24, 2.45) is 0 Å². The zero-order valence-electron chi connectivity index (χ0n) is 8.94. The van der Waals surface area contributed by atoms with E-state index in [0.717, 1.165) is 0 Å². The maximum atomic E-state index is 11.3. The normalized spacial score (nSPS) is 26.2. The summed E-state index contributed by atoms with van der Waals surface area (Å²) in [4.78, 5) is 0. The first-order valence-corrected chi connectivity index (χ1v) is 7.94. The van der Waals surface area contributed by atoms with Gasteiger partial charge in [0, 0.05) is 6.07 Å². The zero-order valence-corrected chi connectivity index (χ0v) is 12.0. The molecule has 0 aliphatic carbocycles. The van der Waals surface area contributed by atoms with Crippen LogP contribution in [0.25, 0.3) is 0 Å². The molecule has 0 bridgehead atoms. The fourth-order valence-corrected chi connectivity index (χ4v) is 3.91. The van der Waals surface area contributed by atoms with E-state index in [1.54, 1.807) is 0 Å². The Hall–Kier alpha value is -0.200. The van der Waals surface area contributed by atoms with Gasteiger partial charge in [0.15, 0.2) is 9.84 Å². The van der Waals surface area contributed by atoms with Gasteiger partial charge in [0.05, 0.1) is 26.6 Å². The molecule has 2 atom stereocenters. The van der Waals surface area contributed by atoms with Gasteiger partial charge in [0.1, 0.15) is 18.0 Å². The molecule has 1 fully saturated rings. The SMILES string of the molecule is O=S1(=O)CC(O)C(Oc2cc(Cl)c(Cl)cc2Cl)C1. The highest BCUT2D eigenvalue weighted by atomic mass is 35.5. The zero-order chi connectivity index (χ0) is 13.5. The maximum Gasteiger partial charge on any atom is 0.156 e. The van der Waals surface area contributed by atoms with E-state index in [1.165, 1.54) is 12.1 Å². The Bertz CT molecular complexity index is 573. The van der Waals surface area contributed by atoms with Crippen molar-refractivity contribution in [3.05, 3.63) is 27.2 Å². The summed E-state index contributed by atoms with van der Waals surface area (Å²) < 4.78 is 28.0. The number of aliphatic hydroxyl groups is 1. The van der Waals surface area contributed by atoms with Crippen LogP contribution in [0.15, 0.2) is 12.1 Å². The summed E-state index contributed by atoms with van der Waals surface area (Å²) in [5.74, 6) is -0.353. The molecule has 18 heavy (non-hydrogen) atoms.